The van der Waals surface area contributed by atoms with E-state index in [1.807, 2.05) is 30.4 Å². The summed E-state index contributed by atoms with van der Waals surface area (Å²) in [5.74, 6) is 3.04. The molecule has 2 heterocycles. The van der Waals surface area contributed by atoms with Gasteiger partial charge in [0.2, 0.25) is 6.79 Å². The van der Waals surface area contributed by atoms with E-state index in [-0.39, 0.29) is 12.7 Å². The molecule has 1 aliphatic carbocycles. The van der Waals surface area contributed by atoms with Crippen molar-refractivity contribution in [2.75, 3.05) is 6.79 Å². The highest BCUT2D eigenvalue weighted by molar-refractivity contribution is 5.68. The van der Waals surface area contributed by atoms with Crippen LogP contribution in [-0.2, 0) is 6.42 Å². The largest absolute Gasteiger partial charge is 0.454 e. The lowest BCUT2D eigenvalue weighted by Gasteiger charge is -2.05. The summed E-state index contributed by atoms with van der Waals surface area (Å²) in [6.07, 6.45) is 5.86. The van der Waals surface area contributed by atoms with Crippen LogP contribution in [-0.4, -0.2) is 16.9 Å². The molecule has 1 unspecified atom stereocenters. The van der Waals surface area contributed by atoms with Gasteiger partial charge in [-0.25, -0.2) is 0 Å². The smallest absolute Gasteiger partial charge is 0.250 e. The molecular weight excluding hydrogens is 316 g/mol. The first-order chi connectivity index (χ1) is 12.4. The third kappa shape index (κ3) is 2.58. The molecule has 0 bridgehead atoms. The van der Waals surface area contributed by atoms with E-state index in [4.69, 9.17) is 14.0 Å². The number of ether oxygens (including phenoxy) is 2. The first-order valence-electron chi connectivity index (χ1n) is 8.36. The Morgan fingerprint density at radius 1 is 1.00 bits per heavy atom. The SMILES string of the molecule is C(=C\c1nc(C2CCc3ccccc32)no1)/c1ccc2c(c1)OCO2. The molecule has 5 heteroatoms. The zero-order valence-electron chi connectivity index (χ0n) is 13.5. The van der Waals surface area contributed by atoms with Gasteiger partial charge in [-0.2, -0.15) is 4.98 Å². The molecule has 1 aliphatic heterocycles. The molecule has 0 N–H and O–H groups in total. The number of aromatic nitrogens is 2. The molecule has 0 radical (unpaired) electrons. The zero-order chi connectivity index (χ0) is 16.6. The van der Waals surface area contributed by atoms with Gasteiger partial charge in [0.15, 0.2) is 17.3 Å². The maximum absolute atomic E-state index is 5.40. The molecular formula is C20H16N2O3. The van der Waals surface area contributed by atoms with Gasteiger partial charge in [0.1, 0.15) is 0 Å². The molecule has 2 aliphatic rings. The Kier molecular flexibility index (Phi) is 3.30. The molecule has 0 saturated heterocycles. The fourth-order valence-corrected chi connectivity index (χ4v) is 3.47. The third-order valence-corrected chi connectivity index (χ3v) is 4.72. The highest BCUT2D eigenvalue weighted by Crippen LogP contribution is 2.36. The van der Waals surface area contributed by atoms with Crippen molar-refractivity contribution in [3.63, 3.8) is 0 Å². The molecule has 124 valence electrons. The Bertz CT molecular complexity index is 961. The molecule has 0 fully saturated rings. The van der Waals surface area contributed by atoms with Crippen LogP contribution in [0.5, 0.6) is 11.5 Å². The average Bonchev–Trinajstić information content (AvgIpc) is 3.37. The molecule has 1 aromatic heterocycles. The summed E-state index contributed by atoms with van der Waals surface area (Å²) < 4.78 is 16.1. The van der Waals surface area contributed by atoms with Crippen LogP contribution in [0.3, 0.4) is 0 Å². The van der Waals surface area contributed by atoms with Gasteiger partial charge in [0.25, 0.3) is 5.89 Å². The van der Waals surface area contributed by atoms with Crippen LogP contribution in [0.1, 0.15) is 40.7 Å². The fourth-order valence-electron chi connectivity index (χ4n) is 3.47. The van der Waals surface area contributed by atoms with Gasteiger partial charge in [0, 0.05) is 12.0 Å². The summed E-state index contributed by atoms with van der Waals surface area (Å²) in [6.45, 7) is 0.276. The lowest BCUT2D eigenvalue weighted by atomic mass is 10.0. The number of hydrogen-bond acceptors (Lipinski definition) is 5. The highest BCUT2D eigenvalue weighted by atomic mass is 16.7. The lowest BCUT2D eigenvalue weighted by Crippen LogP contribution is -1.98. The average molecular weight is 332 g/mol. The quantitative estimate of drug-likeness (QED) is 0.724. The minimum Gasteiger partial charge on any atom is -0.454 e. The summed E-state index contributed by atoms with van der Waals surface area (Å²) >= 11 is 0. The Hall–Kier alpha value is -3.08. The van der Waals surface area contributed by atoms with E-state index in [9.17, 15) is 0 Å². The maximum Gasteiger partial charge on any atom is 0.250 e. The van der Waals surface area contributed by atoms with Crippen LogP contribution >= 0.6 is 0 Å². The normalized spacial score (nSPS) is 18.0. The second-order valence-corrected chi connectivity index (χ2v) is 6.23. The van der Waals surface area contributed by atoms with Crippen LogP contribution in [0.2, 0.25) is 0 Å². The number of benzene rings is 2. The molecule has 2 aromatic carbocycles. The van der Waals surface area contributed by atoms with Gasteiger partial charge in [-0.05, 0) is 47.7 Å². The number of hydrogen-bond donors (Lipinski definition) is 0. The van der Waals surface area contributed by atoms with Crippen molar-refractivity contribution in [1.29, 1.82) is 0 Å². The monoisotopic (exact) mass is 332 g/mol. The van der Waals surface area contributed by atoms with E-state index in [2.05, 4.69) is 34.4 Å². The van der Waals surface area contributed by atoms with E-state index < -0.39 is 0 Å². The Morgan fingerprint density at radius 3 is 2.92 bits per heavy atom. The predicted molar refractivity (Wildman–Crippen MR) is 92.4 cm³/mol. The predicted octanol–water partition coefficient (Wildman–Crippen LogP) is 4.05. The van der Waals surface area contributed by atoms with Crippen molar-refractivity contribution in [3.05, 3.63) is 70.9 Å². The summed E-state index contributed by atoms with van der Waals surface area (Å²) in [5, 5.41) is 4.19. The number of rotatable bonds is 3. The van der Waals surface area contributed by atoms with Crippen molar-refractivity contribution in [3.8, 4) is 11.5 Å². The summed E-state index contributed by atoms with van der Waals surface area (Å²) in [4.78, 5) is 4.56. The Morgan fingerprint density at radius 2 is 1.92 bits per heavy atom. The summed E-state index contributed by atoms with van der Waals surface area (Å²) in [5.41, 5.74) is 3.69. The Balaban J connectivity index is 1.37. The molecule has 1 atom stereocenters. The van der Waals surface area contributed by atoms with Gasteiger partial charge < -0.3 is 14.0 Å². The van der Waals surface area contributed by atoms with E-state index in [1.165, 1.54) is 11.1 Å². The second kappa shape index (κ2) is 5.77. The van der Waals surface area contributed by atoms with Crippen molar-refractivity contribution in [1.82, 2.24) is 10.1 Å². The van der Waals surface area contributed by atoms with Crippen LogP contribution < -0.4 is 9.47 Å². The first kappa shape index (κ1) is 14.3. The second-order valence-electron chi connectivity index (χ2n) is 6.23. The Labute approximate surface area is 144 Å². The molecule has 0 amide bonds. The van der Waals surface area contributed by atoms with E-state index in [0.29, 0.717) is 5.89 Å². The third-order valence-electron chi connectivity index (χ3n) is 4.72. The van der Waals surface area contributed by atoms with Crippen LogP contribution in [0.4, 0.5) is 0 Å². The minimum atomic E-state index is 0.229. The number of fused-ring (bicyclic) bond motifs is 2. The molecule has 5 nitrogen and oxygen atoms in total. The van der Waals surface area contributed by atoms with Gasteiger partial charge in [0.05, 0.1) is 0 Å². The van der Waals surface area contributed by atoms with Crippen molar-refractivity contribution in [2.24, 2.45) is 0 Å². The maximum atomic E-state index is 5.40. The molecule has 25 heavy (non-hydrogen) atoms. The van der Waals surface area contributed by atoms with Crippen LogP contribution in [0.15, 0.2) is 47.0 Å². The van der Waals surface area contributed by atoms with E-state index in [0.717, 1.165) is 35.7 Å². The topological polar surface area (TPSA) is 57.4 Å². The van der Waals surface area contributed by atoms with E-state index in [1.54, 1.807) is 0 Å². The molecule has 0 saturated carbocycles. The fraction of sp³-hybridized carbons (Fsp3) is 0.200. The standard InChI is InChI=1S/C20H16N2O3/c1-2-4-15-14(3-1)7-8-16(15)20-21-19(25-22-20)10-6-13-5-9-17-18(11-13)24-12-23-17/h1-6,9-11,16H,7-8,12H2/b10-6+. The van der Waals surface area contributed by atoms with Gasteiger partial charge in [-0.15, -0.1) is 0 Å². The summed E-state index contributed by atoms with van der Waals surface area (Å²) in [7, 11) is 0. The van der Waals surface area contributed by atoms with Gasteiger partial charge in [-0.1, -0.05) is 35.5 Å². The highest BCUT2D eigenvalue weighted by Gasteiger charge is 2.27. The van der Waals surface area contributed by atoms with Gasteiger partial charge >= 0.3 is 0 Å². The molecule has 3 aromatic rings. The van der Waals surface area contributed by atoms with Crippen molar-refractivity contribution >= 4 is 12.2 Å². The lowest BCUT2D eigenvalue weighted by molar-refractivity contribution is 0.174. The van der Waals surface area contributed by atoms with E-state index >= 15 is 0 Å². The van der Waals surface area contributed by atoms with Crippen molar-refractivity contribution < 1.29 is 14.0 Å². The summed E-state index contributed by atoms with van der Waals surface area (Å²) in [6, 6.07) is 14.3. The zero-order valence-corrected chi connectivity index (χ0v) is 13.5. The number of aryl methyl sites for hydroxylation is 1. The van der Waals surface area contributed by atoms with Crippen LogP contribution in [0, 0.1) is 0 Å². The van der Waals surface area contributed by atoms with Crippen LogP contribution in [0.25, 0.3) is 12.2 Å². The first-order valence-corrected chi connectivity index (χ1v) is 8.36. The molecule has 5 rings (SSSR count). The van der Waals surface area contributed by atoms with Gasteiger partial charge in [-0.3, -0.25) is 0 Å². The van der Waals surface area contributed by atoms with Crippen molar-refractivity contribution in [2.45, 2.75) is 18.8 Å². The number of nitrogens with zero attached hydrogens (tertiary/aromatic N) is 2. The molecule has 0 spiro atoms. The minimum absolute atomic E-state index is 0.229.